The minimum Gasteiger partial charge on any atom is -0.496 e. The van der Waals surface area contributed by atoms with Crippen LogP contribution in [0, 0.1) is 5.92 Å². The van der Waals surface area contributed by atoms with Crippen LogP contribution in [-0.2, 0) is 22.3 Å². The summed E-state index contributed by atoms with van der Waals surface area (Å²) in [7, 11) is 1.51. The summed E-state index contributed by atoms with van der Waals surface area (Å²) in [5.74, 6) is -0.603. The Balaban J connectivity index is 0.00000423. The second-order valence-electron chi connectivity index (χ2n) is 10.8. The van der Waals surface area contributed by atoms with Crippen molar-refractivity contribution in [2.45, 2.75) is 50.9 Å². The van der Waals surface area contributed by atoms with Crippen molar-refractivity contribution in [2.75, 3.05) is 33.3 Å². The third-order valence-corrected chi connectivity index (χ3v) is 8.23. The highest BCUT2D eigenvalue weighted by Gasteiger charge is 2.39. The number of aromatic nitrogens is 4. The van der Waals surface area contributed by atoms with Crippen LogP contribution in [0.1, 0.15) is 49.1 Å². The van der Waals surface area contributed by atoms with E-state index < -0.39 is 12.0 Å². The summed E-state index contributed by atoms with van der Waals surface area (Å²) < 4.78 is 46.4. The van der Waals surface area contributed by atoms with Gasteiger partial charge in [-0.15, -0.1) is 17.5 Å². The molecule has 2 fully saturated rings. The van der Waals surface area contributed by atoms with E-state index in [1.165, 1.54) is 13.2 Å². The third-order valence-electron chi connectivity index (χ3n) is 8.23. The van der Waals surface area contributed by atoms with Crippen molar-refractivity contribution in [3.63, 3.8) is 0 Å². The average Bonchev–Trinajstić information content (AvgIpc) is 3.51. The van der Waals surface area contributed by atoms with Crippen LogP contribution in [-0.4, -0.2) is 81.2 Å². The zero-order chi connectivity index (χ0) is 29.9. The Kier molecular flexibility index (Phi) is 10.3. The van der Waals surface area contributed by atoms with Crippen LogP contribution >= 0.6 is 12.4 Å². The summed E-state index contributed by atoms with van der Waals surface area (Å²) >= 11 is 0. The maximum absolute atomic E-state index is 13.5. The molecule has 1 N–H and O–H groups in total. The van der Waals surface area contributed by atoms with Crippen LogP contribution in [0.3, 0.4) is 0 Å². The predicted molar refractivity (Wildman–Crippen MR) is 154 cm³/mol. The Morgan fingerprint density at radius 3 is 2.37 bits per heavy atom. The molecule has 2 amide bonds. The van der Waals surface area contributed by atoms with Gasteiger partial charge in [0.05, 0.1) is 12.8 Å². The number of halogens is 4. The van der Waals surface area contributed by atoms with Crippen molar-refractivity contribution in [3.8, 4) is 11.4 Å². The lowest BCUT2D eigenvalue weighted by Crippen LogP contribution is -2.52. The van der Waals surface area contributed by atoms with Crippen molar-refractivity contribution >= 4 is 24.2 Å². The van der Waals surface area contributed by atoms with E-state index >= 15 is 0 Å². The highest BCUT2D eigenvalue weighted by molar-refractivity contribution is 5.85. The second kappa shape index (κ2) is 13.7. The summed E-state index contributed by atoms with van der Waals surface area (Å²) in [5, 5.41) is 13.5. The summed E-state index contributed by atoms with van der Waals surface area (Å²) in [6.07, 6.45) is -2.68. The Morgan fingerprint density at radius 2 is 1.72 bits per heavy atom. The summed E-state index contributed by atoms with van der Waals surface area (Å²) in [6, 6.07) is 14.7. The van der Waals surface area contributed by atoms with Gasteiger partial charge in [0.1, 0.15) is 5.75 Å². The molecule has 1 aromatic heterocycles. The second-order valence-corrected chi connectivity index (χ2v) is 10.8. The van der Waals surface area contributed by atoms with Crippen molar-refractivity contribution in [3.05, 3.63) is 65.5 Å². The topological polar surface area (TPSA) is 105 Å². The lowest BCUT2D eigenvalue weighted by atomic mass is 9.84. The monoisotopic (exact) mass is 621 g/mol. The molecule has 0 radical (unpaired) electrons. The molecule has 10 nitrogen and oxygen atoms in total. The Morgan fingerprint density at radius 1 is 1.02 bits per heavy atom. The number of ether oxygens (including phenoxy) is 1. The van der Waals surface area contributed by atoms with Gasteiger partial charge in [-0.05, 0) is 53.5 Å². The number of carbonyl (C=O) groups is 2. The molecular weight excluding hydrogens is 587 g/mol. The molecule has 0 aliphatic carbocycles. The Hall–Kier alpha value is -3.71. The number of benzene rings is 2. The van der Waals surface area contributed by atoms with Crippen LogP contribution in [0.5, 0.6) is 5.75 Å². The van der Waals surface area contributed by atoms with Gasteiger partial charge in [0, 0.05) is 63.1 Å². The molecule has 5 rings (SSSR count). The van der Waals surface area contributed by atoms with E-state index in [2.05, 4.69) is 33.0 Å². The van der Waals surface area contributed by atoms with Crippen LogP contribution in [0.4, 0.5) is 13.2 Å². The first-order valence-electron chi connectivity index (χ1n) is 14.0. The number of rotatable bonds is 7. The van der Waals surface area contributed by atoms with Gasteiger partial charge in [-0.1, -0.05) is 30.3 Å². The maximum atomic E-state index is 13.5. The lowest BCUT2D eigenvalue weighted by molar-refractivity contribution is -0.146. The maximum Gasteiger partial charge on any atom is 0.453 e. The number of hydrogen-bond acceptors (Lipinski definition) is 7. The minimum absolute atomic E-state index is 0. The molecule has 0 unspecified atom stereocenters. The standard InChI is InChI=1S/C29H34F3N7O3.ClH/c1-19(40)37-13-10-21(11-14-37)27(41)38-15-12-25(24(18-38)20-6-4-3-5-7-20)33-17-22-16-23(8-9-26(22)42-2)39-28(29(30,31)32)34-35-36-39;/h3-9,16,21,24-25,33H,10-15,17-18H2,1-2H3;1H/t24-,25-;/m0./s1. The normalized spacial score (nSPS) is 19.6. The minimum atomic E-state index is -4.71. The number of methoxy groups -OCH3 is 1. The molecule has 2 aliphatic rings. The van der Waals surface area contributed by atoms with Crippen molar-refractivity contribution in [1.29, 1.82) is 0 Å². The number of nitrogens with one attached hydrogen (secondary N) is 1. The molecule has 14 heteroatoms. The van der Waals surface area contributed by atoms with Crippen molar-refractivity contribution < 1.29 is 27.5 Å². The van der Waals surface area contributed by atoms with E-state index in [-0.39, 0.29) is 47.8 Å². The van der Waals surface area contributed by atoms with Crippen LogP contribution in [0.15, 0.2) is 48.5 Å². The molecule has 43 heavy (non-hydrogen) atoms. The molecular formula is C29H35ClF3N7O3. The van der Waals surface area contributed by atoms with Gasteiger partial charge in [0.25, 0.3) is 5.82 Å². The van der Waals surface area contributed by atoms with Gasteiger partial charge in [-0.3, -0.25) is 9.59 Å². The first-order valence-corrected chi connectivity index (χ1v) is 14.0. The molecule has 2 atom stereocenters. The summed E-state index contributed by atoms with van der Waals surface area (Å²) in [6.45, 7) is 4.21. The first kappa shape index (κ1) is 32.2. The van der Waals surface area contributed by atoms with Crippen LogP contribution in [0.25, 0.3) is 5.69 Å². The molecule has 3 heterocycles. The zero-order valence-electron chi connectivity index (χ0n) is 24.0. The predicted octanol–water partition coefficient (Wildman–Crippen LogP) is 3.84. The number of tetrazole rings is 1. The van der Waals surface area contributed by atoms with E-state index in [0.717, 1.165) is 5.56 Å². The summed E-state index contributed by atoms with van der Waals surface area (Å²) in [5.41, 5.74) is 1.92. The highest BCUT2D eigenvalue weighted by Crippen LogP contribution is 2.32. The zero-order valence-corrected chi connectivity index (χ0v) is 24.8. The highest BCUT2D eigenvalue weighted by atomic mass is 35.5. The smallest absolute Gasteiger partial charge is 0.453 e. The number of piperidine rings is 2. The molecule has 3 aromatic rings. The van der Waals surface area contributed by atoms with Crippen molar-refractivity contribution in [1.82, 2.24) is 35.3 Å². The van der Waals surface area contributed by atoms with E-state index in [1.807, 2.05) is 23.1 Å². The molecule has 2 aliphatic heterocycles. The number of likely N-dealkylation sites (tertiary alicyclic amines) is 2. The van der Waals surface area contributed by atoms with E-state index in [0.29, 0.717) is 68.0 Å². The number of carbonyl (C=O) groups excluding carboxylic acids is 2. The van der Waals surface area contributed by atoms with Crippen LogP contribution in [0.2, 0.25) is 0 Å². The van der Waals surface area contributed by atoms with Gasteiger partial charge in [0.2, 0.25) is 11.8 Å². The van der Waals surface area contributed by atoms with Gasteiger partial charge >= 0.3 is 6.18 Å². The lowest BCUT2D eigenvalue weighted by Gasteiger charge is -2.41. The third kappa shape index (κ3) is 7.27. The van der Waals surface area contributed by atoms with Gasteiger partial charge in [-0.25, -0.2) is 0 Å². The van der Waals surface area contributed by atoms with Gasteiger partial charge in [0.15, 0.2) is 0 Å². The van der Waals surface area contributed by atoms with E-state index in [4.69, 9.17) is 4.74 Å². The Labute approximate surface area is 254 Å². The fourth-order valence-electron chi connectivity index (χ4n) is 5.95. The fourth-order valence-corrected chi connectivity index (χ4v) is 5.95. The molecule has 2 saturated heterocycles. The van der Waals surface area contributed by atoms with E-state index in [1.54, 1.807) is 24.0 Å². The summed E-state index contributed by atoms with van der Waals surface area (Å²) in [4.78, 5) is 29.0. The quantitative estimate of drug-likeness (QED) is 0.427. The molecule has 0 spiro atoms. The fraction of sp³-hybridized carbons (Fsp3) is 0.483. The molecule has 0 bridgehead atoms. The molecule has 0 saturated carbocycles. The first-order chi connectivity index (χ1) is 20.2. The van der Waals surface area contributed by atoms with Gasteiger partial charge in [-0.2, -0.15) is 17.9 Å². The Bertz CT molecular complexity index is 1400. The number of alkyl halides is 3. The van der Waals surface area contributed by atoms with E-state index in [9.17, 15) is 22.8 Å². The average molecular weight is 622 g/mol. The number of hydrogen-bond donors (Lipinski definition) is 1. The number of nitrogens with zero attached hydrogens (tertiary/aromatic N) is 6. The largest absolute Gasteiger partial charge is 0.496 e. The molecule has 2 aromatic carbocycles. The van der Waals surface area contributed by atoms with Crippen molar-refractivity contribution in [2.24, 2.45) is 5.92 Å². The number of amides is 2. The SMILES string of the molecule is COc1ccc(-n2nnnc2C(F)(F)F)cc1CN[C@H]1CCN(C(=O)C2CCN(C(C)=O)CC2)C[C@H]1c1ccccc1.Cl. The van der Waals surface area contributed by atoms with Gasteiger partial charge < -0.3 is 19.9 Å². The molecule has 232 valence electrons. The van der Waals surface area contributed by atoms with Crippen LogP contribution < -0.4 is 10.1 Å².